The van der Waals surface area contributed by atoms with Crippen LogP contribution in [-0.4, -0.2) is 9.97 Å². The zero-order chi connectivity index (χ0) is 41.0. The summed E-state index contributed by atoms with van der Waals surface area (Å²) < 4.78 is 6.82. The van der Waals surface area contributed by atoms with Gasteiger partial charge in [-0.1, -0.05) is 182 Å². The van der Waals surface area contributed by atoms with Crippen LogP contribution in [0.1, 0.15) is 59.2 Å². The highest BCUT2D eigenvalue weighted by molar-refractivity contribution is 6.05. The Morgan fingerprint density at radius 1 is 0.419 bits per heavy atom. The van der Waals surface area contributed by atoms with Gasteiger partial charge in [0, 0.05) is 34.3 Å². The first kappa shape index (κ1) is 36.2. The minimum atomic E-state index is -0.463. The van der Waals surface area contributed by atoms with E-state index in [1.165, 1.54) is 61.2 Å². The van der Waals surface area contributed by atoms with Crippen molar-refractivity contribution in [1.29, 1.82) is 0 Å². The second kappa shape index (κ2) is 14.8. The highest BCUT2D eigenvalue weighted by Gasteiger charge is 2.52. The van der Waals surface area contributed by atoms with E-state index < -0.39 is 5.41 Å². The van der Waals surface area contributed by atoms with Gasteiger partial charge in [-0.3, -0.25) is 0 Å². The predicted octanol–water partition coefficient (Wildman–Crippen LogP) is 14.6. The number of rotatable bonds is 6. The number of para-hydroxylation sites is 1. The fraction of sp³-hybridized carbons (Fsp3) is 0.0847. The standard InChI is InChI=1S/C59H42N2O/c1-3-17-39(18-4-1)46-25-7-8-28-49(46)55-38-54(60-58(61-55)40-19-5-2-6-20-40)45-24-16-23-43(36-45)41-21-15-22-42(35-41)44-33-34-57-53(37-44)59(52-31-13-14-32-56(52)62-57)50-29-11-9-26-47(50)48-27-10-12-30-51(48)59/h1-6,9-32,35-38H,7-8,33-34H2. The zero-order valence-electron chi connectivity index (χ0n) is 34.3. The summed E-state index contributed by atoms with van der Waals surface area (Å²) in [6.07, 6.45) is 10.9. The Morgan fingerprint density at radius 2 is 0.968 bits per heavy atom. The minimum Gasteiger partial charge on any atom is -0.461 e. The number of ether oxygens (including phenoxy) is 1. The number of fused-ring (bicyclic) bond motifs is 8. The van der Waals surface area contributed by atoms with E-state index >= 15 is 0 Å². The SMILES string of the molecule is C1=C(c2cccc(-c3cccc(-c4cc(C5=CCCC=C5c5ccccc5)nc(-c5ccccc5)n4)c3)c2)CCC2=C1C1(c3ccccc3O2)c2ccccc2-c2ccccc21. The van der Waals surface area contributed by atoms with Crippen molar-refractivity contribution in [3.63, 3.8) is 0 Å². The molecule has 3 aliphatic carbocycles. The van der Waals surface area contributed by atoms with E-state index in [0.29, 0.717) is 0 Å². The average molecular weight is 795 g/mol. The topological polar surface area (TPSA) is 35.0 Å². The smallest absolute Gasteiger partial charge is 0.160 e. The quantitative estimate of drug-likeness (QED) is 0.168. The second-order valence-corrected chi connectivity index (χ2v) is 16.6. The summed E-state index contributed by atoms with van der Waals surface area (Å²) in [6, 6.07) is 67.6. The van der Waals surface area contributed by atoms with Crippen LogP contribution in [0.15, 0.2) is 218 Å². The van der Waals surface area contributed by atoms with Crippen LogP contribution in [0.2, 0.25) is 0 Å². The fourth-order valence-corrected chi connectivity index (χ4v) is 10.3. The first-order valence-corrected chi connectivity index (χ1v) is 21.8. The molecule has 0 unspecified atom stereocenters. The van der Waals surface area contributed by atoms with Crippen molar-refractivity contribution in [2.45, 2.75) is 31.1 Å². The van der Waals surface area contributed by atoms with Crippen molar-refractivity contribution in [3.05, 3.63) is 251 Å². The largest absolute Gasteiger partial charge is 0.461 e. The van der Waals surface area contributed by atoms with Gasteiger partial charge in [-0.2, -0.15) is 0 Å². The molecule has 0 saturated carbocycles. The van der Waals surface area contributed by atoms with Gasteiger partial charge in [-0.25, -0.2) is 9.97 Å². The van der Waals surface area contributed by atoms with Crippen LogP contribution in [0, 0.1) is 0 Å². The van der Waals surface area contributed by atoms with Crippen molar-refractivity contribution >= 4 is 16.7 Å². The lowest BCUT2D eigenvalue weighted by Gasteiger charge is -2.42. The summed E-state index contributed by atoms with van der Waals surface area (Å²) in [5.41, 5.74) is 19.6. The van der Waals surface area contributed by atoms with E-state index in [0.717, 1.165) is 76.7 Å². The Labute approximate surface area is 362 Å². The van der Waals surface area contributed by atoms with E-state index in [-0.39, 0.29) is 0 Å². The Kier molecular flexibility index (Phi) is 8.67. The van der Waals surface area contributed by atoms with Gasteiger partial charge in [-0.15, -0.1) is 0 Å². The van der Waals surface area contributed by atoms with Crippen LogP contribution in [0.4, 0.5) is 0 Å². The molecule has 0 fully saturated rings. The molecule has 1 aromatic heterocycles. The third-order valence-electron chi connectivity index (χ3n) is 13.1. The maximum Gasteiger partial charge on any atom is 0.160 e. The molecule has 0 radical (unpaired) electrons. The fourth-order valence-electron chi connectivity index (χ4n) is 10.3. The Balaban J connectivity index is 0.947. The molecule has 12 rings (SSSR count). The number of hydrogen-bond donors (Lipinski definition) is 0. The van der Waals surface area contributed by atoms with Gasteiger partial charge >= 0.3 is 0 Å². The molecule has 4 aliphatic rings. The predicted molar refractivity (Wildman–Crippen MR) is 253 cm³/mol. The van der Waals surface area contributed by atoms with Gasteiger partial charge in [0.2, 0.25) is 0 Å². The molecule has 0 atom stereocenters. The monoisotopic (exact) mass is 794 g/mol. The molecule has 0 N–H and O–H groups in total. The molecule has 0 saturated heterocycles. The summed E-state index contributed by atoms with van der Waals surface area (Å²) >= 11 is 0. The molecule has 2 heterocycles. The van der Waals surface area contributed by atoms with Crippen LogP contribution in [0.5, 0.6) is 5.75 Å². The summed E-state index contributed by atoms with van der Waals surface area (Å²) in [4.78, 5) is 10.5. The van der Waals surface area contributed by atoms with Crippen molar-refractivity contribution in [2.24, 2.45) is 0 Å². The highest BCUT2D eigenvalue weighted by Crippen LogP contribution is 2.62. The number of allylic oxidation sites excluding steroid dienone is 8. The van der Waals surface area contributed by atoms with Gasteiger partial charge in [0.1, 0.15) is 11.5 Å². The maximum absolute atomic E-state index is 6.82. The van der Waals surface area contributed by atoms with E-state index in [1.54, 1.807) is 0 Å². The third kappa shape index (κ3) is 5.88. The van der Waals surface area contributed by atoms with E-state index in [4.69, 9.17) is 14.7 Å². The van der Waals surface area contributed by atoms with Crippen molar-refractivity contribution in [3.8, 4) is 50.6 Å². The molecule has 3 nitrogen and oxygen atoms in total. The van der Waals surface area contributed by atoms with E-state index in [1.807, 2.05) is 6.07 Å². The molecule has 0 bridgehead atoms. The molecule has 294 valence electrons. The number of nitrogens with zero attached hydrogens (tertiary/aromatic N) is 2. The van der Waals surface area contributed by atoms with Crippen LogP contribution in [-0.2, 0) is 5.41 Å². The molecule has 62 heavy (non-hydrogen) atoms. The van der Waals surface area contributed by atoms with Crippen LogP contribution in [0.3, 0.4) is 0 Å². The lowest BCUT2D eigenvalue weighted by molar-refractivity contribution is 0.365. The van der Waals surface area contributed by atoms with Crippen molar-refractivity contribution in [2.75, 3.05) is 0 Å². The number of benzene rings is 7. The van der Waals surface area contributed by atoms with Crippen molar-refractivity contribution in [1.82, 2.24) is 9.97 Å². The summed E-state index contributed by atoms with van der Waals surface area (Å²) in [7, 11) is 0. The molecular weight excluding hydrogens is 753 g/mol. The first-order valence-electron chi connectivity index (χ1n) is 21.8. The Bertz CT molecular complexity index is 3160. The first-order chi connectivity index (χ1) is 30.7. The molecule has 8 aromatic rings. The second-order valence-electron chi connectivity index (χ2n) is 16.6. The Hall–Kier alpha value is -7.62. The van der Waals surface area contributed by atoms with E-state index in [2.05, 4.69) is 200 Å². The normalized spacial score (nSPS) is 15.6. The van der Waals surface area contributed by atoms with E-state index in [9.17, 15) is 0 Å². The van der Waals surface area contributed by atoms with Crippen LogP contribution >= 0.6 is 0 Å². The van der Waals surface area contributed by atoms with Gasteiger partial charge in [0.05, 0.1) is 16.8 Å². The molecule has 7 aromatic carbocycles. The number of hydrogen-bond acceptors (Lipinski definition) is 3. The Morgan fingerprint density at radius 3 is 1.69 bits per heavy atom. The maximum atomic E-state index is 6.82. The van der Waals surface area contributed by atoms with Gasteiger partial charge in [0.25, 0.3) is 0 Å². The lowest BCUT2D eigenvalue weighted by atomic mass is 9.64. The minimum absolute atomic E-state index is 0.463. The lowest BCUT2D eigenvalue weighted by Crippen LogP contribution is -2.35. The summed E-state index contributed by atoms with van der Waals surface area (Å²) in [5.74, 6) is 2.74. The van der Waals surface area contributed by atoms with Gasteiger partial charge in [-0.05, 0) is 99.2 Å². The summed E-state index contributed by atoms with van der Waals surface area (Å²) in [6.45, 7) is 0. The van der Waals surface area contributed by atoms with Crippen LogP contribution < -0.4 is 4.74 Å². The molecule has 1 aliphatic heterocycles. The van der Waals surface area contributed by atoms with Gasteiger partial charge in [0.15, 0.2) is 5.82 Å². The summed E-state index contributed by atoms with van der Waals surface area (Å²) in [5, 5.41) is 0. The third-order valence-corrected chi connectivity index (χ3v) is 13.1. The molecular formula is C59H42N2O. The van der Waals surface area contributed by atoms with Gasteiger partial charge < -0.3 is 4.74 Å². The number of aromatic nitrogens is 2. The zero-order valence-corrected chi connectivity index (χ0v) is 34.3. The van der Waals surface area contributed by atoms with Crippen molar-refractivity contribution < 1.29 is 4.74 Å². The molecule has 1 spiro atoms. The highest BCUT2D eigenvalue weighted by atomic mass is 16.5. The molecule has 3 heteroatoms. The molecule has 0 amide bonds. The van der Waals surface area contributed by atoms with Crippen LogP contribution in [0.25, 0.3) is 61.6 Å². The average Bonchev–Trinajstić information content (AvgIpc) is 3.65.